The minimum absolute atomic E-state index is 0.304. The molecule has 176 valence electrons. The highest BCUT2D eigenvalue weighted by Crippen LogP contribution is 2.22. The van der Waals surface area contributed by atoms with Gasteiger partial charge < -0.3 is 20.1 Å². The van der Waals surface area contributed by atoms with E-state index < -0.39 is 6.10 Å². The number of likely N-dealkylation sites (tertiary alicyclic amines) is 1. The third-order valence-corrected chi connectivity index (χ3v) is 6.26. The average Bonchev–Trinajstić information content (AvgIpc) is 3.22. The van der Waals surface area contributed by atoms with E-state index >= 15 is 0 Å². The number of hydrogen-bond donors (Lipinski definition) is 2. The molecule has 0 amide bonds. The smallest absolute Gasteiger partial charge is 0.205 e. The summed E-state index contributed by atoms with van der Waals surface area (Å²) in [5.74, 6) is 1.66. The van der Waals surface area contributed by atoms with Crippen molar-refractivity contribution in [3.63, 3.8) is 0 Å². The molecule has 1 saturated heterocycles. The molecule has 2 aromatic heterocycles. The molecular formula is C27H31N5O2. The Balaban J connectivity index is 1.17. The van der Waals surface area contributed by atoms with Crippen molar-refractivity contribution in [2.24, 2.45) is 0 Å². The van der Waals surface area contributed by atoms with Gasteiger partial charge in [0.15, 0.2) is 5.65 Å². The van der Waals surface area contributed by atoms with Crippen molar-refractivity contribution >= 4 is 17.1 Å². The van der Waals surface area contributed by atoms with E-state index in [0.29, 0.717) is 19.2 Å². The van der Waals surface area contributed by atoms with Crippen LogP contribution < -0.4 is 10.1 Å². The zero-order valence-electron chi connectivity index (χ0n) is 19.3. The van der Waals surface area contributed by atoms with Gasteiger partial charge in [-0.3, -0.25) is 4.57 Å². The number of aliphatic hydroxyl groups excluding tert-OH is 1. The van der Waals surface area contributed by atoms with E-state index in [1.165, 1.54) is 5.56 Å². The molecule has 34 heavy (non-hydrogen) atoms. The van der Waals surface area contributed by atoms with Gasteiger partial charge in [-0.25, -0.2) is 9.97 Å². The van der Waals surface area contributed by atoms with Gasteiger partial charge in [0.25, 0.3) is 0 Å². The lowest BCUT2D eigenvalue weighted by Gasteiger charge is -2.33. The molecule has 2 N–H and O–H groups in total. The largest absolute Gasteiger partial charge is 0.491 e. The number of hydrogen-bond acceptors (Lipinski definition) is 6. The summed E-state index contributed by atoms with van der Waals surface area (Å²) in [7, 11) is 0. The normalized spacial score (nSPS) is 15.9. The minimum atomic E-state index is -0.508. The molecule has 0 radical (unpaired) electrons. The lowest BCUT2D eigenvalue weighted by atomic mass is 10.0. The van der Waals surface area contributed by atoms with Crippen LogP contribution in [0.2, 0.25) is 0 Å². The fourth-order valence-electron chi connectivity index (χ4n) is 4.49. The van der Waals surface area contributed by atoms with Gasteiger partial charge in [0.2, 0.25) is 5.95 Å². The van der Waals surface area contributed by atoms with E-state index in [-0.39, 0.29) is 0 Å². The topological polar surface area (TPSA) is 75.4 Å². The Bertz CT molecular complexity index is 1170. The Hall–Kier alpha value is -3.42. The maximum atomic E-state index is 10.4. The first kappa shape index (κ1) is 22.4. The number of nitrogens with zero attached hydrogens (tertiary/aromatic N) is 4. The fourth-order valence-corrected chi connectivity index (χ4v) is 4.49. The Morgan fingerprint density at radius 1 is 0.971 bits per heavy atom. The third-order valence-electron chi connectivity index (χ3n) is 6.26. The van der Waals surface area contributed by atoms with Crippen molar-refractivity contribution < 1.29 is 9.84 Å². The molecular weight excluding hydrogens is 426 g/mol. The molecule has 1 fully saturated rings. The molecule has 7 heteroatoms. The van der Waals surface area contributed by atoms with E-state index in [1.807, 2.05) is 54.7 Å². The zero-order chi connectivity index (χ0) is 23.2. The molecule has 0 bridgehead atoms. The van der Waals surface area contributed by atoms with Crippen molar-refractivity contribution in [3.8, 4) is 5.75 Å². The van der Waals surface area contributed by atoms with E-state index in [0.717, 1.165) is 55.3 Å². The average molecular weight is 458 g/mol. The van der Waals surface area contributed by atoms with Crippen LogP contribution in [0.3, 0.4) is 0 Å². The van der Waals surface area contributed by atoms with Crippen molar-refractivity contribution in [2.75, 3.05) is 31.6 Å². The molecule has 0 spiro atoms. The number of fused-ring (bicyclic) bond motifs is 1. The third kappa shape index (κ3) is 5.55. The standard InChI is InChI=1S/C27H31N5O2/c33-23(20-34-24-10-5-2-6-11-24)19-31-16-13-22(14-17-31)29-27-30-25-12-7-15-28-26(25)32(27)18-21-8-3-1-4-9-21/h1-12,15,22-23,33H,13-14,16-20H2,(H,29,30). The number of aromatic nitrogens is 3. The Kier molecular flexibility index (Phi) is 7.02. The number of para-hydroxylation sites is 1. The van der Waals surface area contributed by atoms with Crippen molar-refractivity contribution in [1.82, 2.24) is 19.4 Å². The molecule has 7 nitrogen and oxygen atoms in total. The van der Waals surface area contributed by atoms with Gasteiger partial charge in [-0.2, -0.15) is 0 Å². The van der Waals surface area contributed by atoms with Gasteiger partial charge in [-0.05, 0) is 42.7 Å². The number of anilines is 1. The number of pyridine rings is 1. The van der Waals surface area contributed by atoms with Crippen LogP contribution in [0.5, 0.6) is 5.75 Å². The Morgan fingerprint density at radius 3 is 2.47 bits per heavy atom. The van der Waals surface area contributed by atoms with Crippen LogP contribution in [-0.2, 0) is 6.54 Å². The second kappa shape index (κ2) is 10.7. The predicted octanol–water partition coefficient (Wildman–Crippen LogP) is 3.80. The van der Waals surface area contributed by atoms with Crippen LogP contribution >= 0.6 is 0 Å². The molecule has 5 rings (SSSR count). The molecule has 1 unspecified atom stereocenters. The summed E-state index contributed by atoms with van der Waals surface area (Å²) in [6.07, 6.45) is 3.30. The summed E-state index contributed by atoms with van der Waals surface area (Å²) in [5.41, 5.74) is 3.02. The van der Waals surface area contributed by atoms with Gasteiger partial charge in [0.05, 0.1) is 6.54 Å². The summed E-state index contributed by atoms with van der Waals surface area (Å²) in [6, 6.07) is 24.3. The van der Waals surface area contributed by atoms with Gasteiger partial charge >= 0.3 is 0 Å². The van der Waals surface area contributed by atoms with Gasteiger partial charge in [-0.15, -0.1) is 0 Å². The van der Waals surface area contributed by atoms with Crippen molar-refractivity contribution in [2.45, 2.75) is 31.5 Å². The summed E-state index contributed by atoms with van der Waals surface area (Å²) < 4.78 is 7.86. The summed E-state index contributed by atoms with van der Waals surface area (Å²) in [4.78, 5) is 11.7. The first-order valence-electron chi connectivity index (χ1n) is 11.9. The summed E-state index contributed by atoms with van der Waals surface area (Å²) in [5, 5.41) is 14.1. The predicted molar refractivity (Wildman–Crippen MR) is 134 cm³/mol. The lowest BCUT2D eigenvalue weighted by molar-refractivity contribution is 0.0604. The Morgan fingerprint density at radius 2 is 1.71 bits per heavy atom. The number of rotatable bonds is 9. The van der Waals surface area contributed by atoms with Gasteiger partial charge in [0.1, 0.15) is 24.0 Å². The molecule has 1 aliphatic heterocycles. The van der Waals surface area contributed by atoms with Crippen LogP contribution in [0.15, 0.2) is 79.0 Å². The molecule has 2 aromatic carbocycles. The van der Waals surface area contributed by atoms with Crippen LogP contribution in [0.4, 0.5) is 5.95 Å². The highest BCUT2D eigenvalue weighted by molar-refractivity contribution is 5.74. The van der Waals surface area contributed by atoms with E-state index in [9.17, 15) is 5.11 Å². The summed E-state index contributed by atoms with van der Waals surface area (Å²) in [6.45, 7) is 3.51. The maximum absolute atomic E-state index is 10.4. The first-order valence-corrected chi connectivity index (χ1v) is 11.9. The summed E-state index contributed by atoms with van der Waals surface area (Å²) >= 11 is 0. The number of piperidine rings is 1. The van der Waals surface area contributed by atoms with E-state index in [2.05, 4.69) is 44.0 Å². The molecule has 4 aromatic rings. The van der Waals surface area contributed by atoms with Gasteiger partial charge in [-0.1, -0.05) is 48.5 Å². The highest BCUT2D eigenvalue weighted by atomic mass is 16.5. The number of benzene rings is 2. The molecule has 1 aliphatic rings. The maximum Gasteiger partial charge on any atom is 0.205 e. The molecule has 3 heterocycles. The van der Waals surface area contributed by atoms with Crippen molar-refractivity contribution in [1.29, 1.82) is 0 Å². The SMILES string of the molecule is OC(COc1ccccc1)CN1CCC(Nc2nc3cccnc3n2Cc2ccccc2)CC1. The number of imidazole rings is 1. The van der Waals surface area contributed by atoms with Crippen molar-refractivity contribution in [3.05, 3.63) is 84.6 Å². The van der Waals surface area contributed by atoms with E-state index in [1.54, 1.807) is 0 Å². The number of aliphatic hydroxyl groups is 1. The number of nitrogens with one attached hydrogen (secondary N) is 1. The van der Waals surface area contributed by atoms with Gasteiger partial charge in [0, 0.05) is 31.9 Å². The second-order valence-electron chi connectivity index (χ2n) is 8.85. The van der Waals surface area contributed by atoms with Crippen LogP contribution in [-0.4, -0.2) is 62.9 Å². The highest BCUT2D eigenvalue weighted by Gasteiger charge is 2.23. The monoisotopic (exact) mass is 457 g/mol. The molecule has 0 aliphatic carbocycles. The fraction of sp³-hybridized carbons (Fsp3) is 0.333. The zero-order valence-corrected chi connectivity index (χ0v) is 19.3. The molecule has 0 saturated carbocycles. The lowest BCUT2D eigenvalue weighted by Crippen LogP contribution is -2.43. The Labute approximate surface area is 200 Å². The second-order valence-corrected chi connectivity index (χ2v) is 8.85. The van der Waals surface area contributed by atoms with Crippen LogP contribution in [0.1, 0.15) is 18.4 Å². The number of ether oxygens (including phenoxy) is 1. The van der Waals surface area contributed by atoms with E-state index in [4.69, 9.17) is 9.72 Å². The van der Waals surface area contributed by atoms with Crippen LogP contribution in [0, 0.1) is 0 Å². The molecule has 1 atom stereocenters. The first-order chi connectivity index (χ1) is 16.7. The minimum Gasteiger partial charge on any atom is -0.491 e. The quantitative estimate of drug-likeness (QED) is 0.398. The number of β-amino-alcohol motifs (C(OH)–C–C–N with tert-alkyl or cyclic N) is 1. The van der Waals surface area contributed by atoms with Crippen LogP contribution in [0.25, 0.3) is 11.2 Å².